The Morgan fingerprint density at radius 1 is 1.26 bits per heavy atom. The summed E-state index contributed by atoms with van der Waals surface area (Å²) in [5, 5.41) is 2.72. The second-order valence-electron chi connectivity index (χ2n) is 4.36. The van der Waals surface area contributed by atoms with E-state index in [9.17, 15) is 4.79 Å². The standard InChI is InChI=1S/C13H11ClN4O/c14-13-17-11(15)10-8(7-4-2-1-3-5-7)6-9(19)16-12(10)18-13/h1-5,8H,6H2,(H3,15,16,17,18,19). The van der Waals surface area contributed by atoms with Gasteiger partial charge in [0.15, 0.2) is 0 Å². The molecule has 0 aliphatic carbocycles. The fourth-order valence-corrected chi connectivity index (χ4v) is 2.51. The predicted octanol–water partition coefficient (Wildman–Crippen LogP) is 2.19. The molecular weight excluding hydrogens is 264 g/mol. The van der Waals surface area contributed by atoms with Gasteiger partial charge in [0.1, 0.15) is 11.6 Å². The molecule has 1 atom stereocenters. The van der Waals surface area contributed by atoms with Crippen molar-refractivity contribution in [2.45, 2.75) is 12.3 Å². The number of hydrogen-bond acceptors (Lipinski definition) is 4. The first-order valence-electron chi connectivity index (χ1n) is 5.83. The Labute approximate surface area is 114 Å². The number of nitrogens with one attached hydrogen (secondary N) is 1. The second-order valence-corrected chi connectivity index (χ2v) is 4.69. The summed E-state index contributed by atoms with van der Waals surface area (Å²) in [7, 11) is 0. The molecule has 0 bridgehead atoms. The van der Waals surface area contributed by atoms with Crippen LogP contribution in [0.1, 0.15) is 23.5 Å². The Balaban J connectivity index is 2.17. The molecule has 0 saturated carbocycles. The van der Waals surface area contributed by atoms with Crippen molar-refractivity contribution in [3.63, 3.8) is 0 Å². The minimum Gasteiger partial charge on any atom is -0.383 e. The first-order valence-corrected chi connectivity index (χ1v) is 6.20. The third-order valence-electron chi connectivity index (χ3n) is 3.15. The summed E-state index contributed by atoms with van der Waals surface area (Å²) in [6.45, 7) is 0. The molecule has 3 N–H and O–H groups in total. The highest BCUT2D eigenvalue weighted by atomic mass is 35.5. The average Bonchev–Trinajstić information content (AvgIpc) is 2.38. The van der Waals surface area contributed by atoms with Gasteiger partial charge in [-0.2, -0.15) is 4.98 Å². The summed E-state index contributed by atoms with van der Waals surface area (Å²) in [4.78, 5) is 19.8. The molecule has 0 radical (unpaired) electrons. The van der Waals surface area contributed by atoms with Crippen LogP contribution < -0.4 is 11.1 Å². The van der Waals surface area contributed by atoms with Gasteiger partial charge in [-0.05, 0) is 17.2 Å². The number of amides is 1. The molecule has 19 heavy (non-hydrogen) atoms. The van der Waals surface area contributed by atoms with E-state index < -0.39 is 0 Å². The molecule has 2 aromatic rings. The number of nitrogen functional groups attached to an aromatic ring is 1. The van der Waals surface area contributed by atoms with Gasteiger partial charge in [-0.3, -0.25) is 4.79 Å². The van der Waals surface area contributed by atoms with E-state index in [4.69, 9.17) is 17.3 Å². The van der Waals surface area contributed by atoms with Gasteiger partial charge in [-0.15, -0.1) is 0 Å². The van der Waals surface area contributed by atoms with Gasteiger partial charge in [-0.1, -0.05) is 30.3 Å². The van der Waals surface area contributed by atoms with Gasteiger partial charge >= 0.3 is 0 Å². The molecule has 3 rings (SSSR count). The zero-order valence-corrected chi connectivity index (χ0v) is 10.7. The average molecular weight is 275 g/mol. The van der Waals surface area contributed by atoms with E-state index in [0.29, 0.717) is 18.1 Å². The van der Waals surface area contributed by atoms with Gasteiger partial charge in [0, 0.05) is 17.9 Å². The molecule has 6 heteroatoms. The zero-order chi connectivity index (χ0) is 13.4. The number of rotatable bonds is 1. The number of hydrogen-bond donors (Lipinski definition) is 2. The van der Waals surface area contributed by atoms with Crippen molar-refractivity contribution in [2.75, 3.05) is 11.1 Å². The fourth-order valence-electron chi connectivity index (χ4n) is 2.34. The van der Waals surface area contributed by atoms with Gasteiger partial charge in [0.2, 0.25) is 11.2 Å². The number of carbonyl (C=O) groups excluding carboxylic acids is 1. The number of benzene rings is 1. The third-order valence-corrected chi connectivity index (χ3v) is 3.31. The Morgan fingerprint density at radius 3 is 2.74 bits per heavy atom. The quantitative estimate of drug-likeness (QED) is 0.781. The molecule has 1 aromatic carbocycles. The van der Waals surface area contributed by atoms with E-state index in [-0.39, 0.29) is 17.1 Å². The zero-order valence-electron chi connectivity index (χ0n) is 9.93. The van der Waals surface area contributed by atoms with Crippen LogP contribution in [-0.4, -0.2) is 15.9 Å². The molecule has 1 aromatic heterocycles. The molecule has 1 aliphatic rings. The smallest absolute Gasteiger partial charge is 0.226 e. The van der Waals surface area contributed by atoms with Crippen LogP contribution in [-0.2, 0) is 4.79 Å². The lowest BCUT2D eigenvalue weighted by atomic mass is 9.86. The largest absolute Gasteiger partial charge is 0.383 e. The lowest BCUT2D eigenvalue weighted by Gasteiger charge is -2.25. The maximum Gasteiger partial charge on any atom is 0.226 e. The van der Waals surface area contributed by atoms with Crippen molar-refractivity contribution in [1.82, 2.24) is 9.97 Å². The van der Waals surface area contributed by atoms with Gasteiger partial charge in [-0.25, -0.2) is 4.98 Å². The minimum absolute atomic E-state index is 0.0326. The van der Waals surface area contributed by atoms with Crippen molar-refractivity contribution in [2.24, 2.45) is 0 Å². The number of carbonyl (C=O) groups is 1. The molecular formula is C13H11ClN4O. The summed E-state index contributed by atoms with van der Waals surface area (Å²) in [6, 6.07) is 9.69. The topological polar surface area (TPSA) is 80.9 Å². The summed E-state index contributed by atoms with van der Waals surface area (Å²) >= 11 is 5.77. The molecule has 96 valence electrons. The van der Waals surface area contributed by atoms with Crippen molar-refractivity contribution in [1.29, 1.82) is 0 Å². The highest BCUT2D eigenvalue weighted by molar-refractivity contribution is 6.28. The number of nitrogens with zero attached hydrogens (tertiary/aromatic N) is 2. The molecule has 0 fully saturated rings. The number of anilines is 2. The maximum absolute atomic E-state index is 11.8. The van der Waals surface area contributed by atoms with Crippen LogP contribution in [0.15, 0.2) is 30.3 Å². The summed E-state index contributed by atoms with van der Waals surface area (Å²) in [5.74, 6) is 0.476. The van der Waals surface area contributed by atoms with E-state index in [1.54, 1.807) is 0 Å². The van der Waals surface area contributed by atoms with Crippen LogP contribution in [0.4, 0.5) is 11.6 Å². The SMILES string of the molecule is Nc1nc(Cl)nc2c1C(c1ccccc1)CC(=O)N2. The highest BCUT2D eigenvalue weighted by Crippen LogP contribution is 2.39. The van der Waals surface area contributed by atoms with E-state index in [1.807, 2.05) is 30.3 Å². The Bertz CT molecular complexity index is 645. The normalized spacial score (nSPS) is 17.7. The monoisotopic (exact) mass is 274 g/mol. The van der Waals surface area contributed by atoms with Gasteiger partial charge in [0.05, 0.1) is 0 Å². The molecule has 0 saturated heterocycles. The number of aromatic nitrogens is 2. The van der Waals surface area contributed by atoms with E-state index >= 15 is 0 Å². The predicted molar refractivity (Wildman–Crippen MR) is 73.0 cm³/mol. The van der Waals surface area contributed by atoms with E-state index in [0.717, 1.165) is 11.1 Å². The molecule has 5 nitrogen and oxygen atoms in total. The van der Waals surface area contributed by atoms with Crippen molar-refractivity contribution in [3.05, 3.63) is 46.7 Å². The van der Waals surface area contributed by atoms with Crippen molar-refractivity contribution >= 4 is 29.1 Å². The first-order chi connectivity index (χ1) is 9.15. The van der Waals surface area contributed by atoms with Crippen LogP contribution >= 0.6 is 11.6 Å². The highest BCUT2D eigenvalue weighted by Gasteiger charge is 2.30. The molecule has 1 aliphatic heterocycles. The van der Waals surface area contributed by atoms with Crippen LogP contribution in [0.25, 0.3) is 0 Å². The van der Waals surface area contributed by atoms with Crippen molar-refractivity contribution < 1.29 is 4.79 Å². The van der Waals surface area contributed by atoms with Crippen LogP contribution in [0.2, 0.25) is 5.28 Å². The Hall–Kier alpha value is -2.14. The minimum atomic E-state index is -0.137. The number of halogens is 1. The van der Waals surface area contributed by atoms with Crippen molar-refractivity contribution in [3.8, 4) is 0 Å². The Kier molecular flexibility index (Phi) is 2.83. The summed E-state index contributed by atoms with van der Waals surface area (Å²) in [6.07, 6.45) is 0.326. The van der Waals surface area contributed by atoms with Gasteiger partial charge < -0.3 is 11.1 Å². The lowest BCUT2D eigenvalue weighted by molar-refractivity contribution is -0.116. The molecule has 2 heterocycles. The lowest BCUT2D eigenvalue weighted by Crippen LogP contribution is -2.26. The van der Waals surface area contributed by atoms with Crippen LogP contribution in [0.5, 0.6) is 0 Å². The van der Waals surface area contributed by atoms with Crippen LogP contribution in [0.3, 0.4) is 0 Å². The molecule has 1 unspecified atom stereocenters. The number of fused-ring (bicyclic) bond motifs is 1. The van der Waals surface area contributed by atoms with E-state index in [2.05, 4.69) is 15.3 Å². The summed E-state index contributed by atoms with van der Waals surface area (Å²) in [5.41, 5.74) is 7.67. The first kappa shape index (κ1) is 11.9. The maximum atomic E-state index is 11.8. The summed E-state index contributed by atoms with van der Waals surface area (Å²) < 4.78 is 0. The Morgan fingerprint density at radius 2 is 2.00 bits per heavy atom. The van der Waals surface area contributed by atoms with E-state index in [1.165, 1.54) is 0 Å². The third kappa shape index (κ3) is 2.13. The van der Waals surface area contributed by atoms with Crippen LogP contribution in [0, 0.1) is 0 Å². The number of nitrogens with two attached hydrogens (primary N) is 1. The molecule has 0 spiro atoms. The fraction of sp³-hybridized carbons (Fsp3) is 0.154. The second kappa shape index (κ2) is 4.51. The van der Waals surface area contributed by atoms with Gasteiger partial charge in [0.25, 0.3) is 0 Å². The molecule has 1 amide bonds.